The van der Waals surface area contributed by atoms with E-state index in [0.717, 1.165) is 45.0 Å². The Bertz CT molecular complexity index is 643. The molecule has 0 atom stereocenters. The number of methoxy groups -OCH3 is 1. The molecule has 1 aromatic rings. The summed E-state index contributed by atoms with van der Waals surface area (Å²) in [5.74, 6) is 0.811. The molecule has 2 N–H and O–H groups in total. The van der Waals surface area contributed by atoms with Gasteiger partial charge in [0.1, 0.15) is 0 Å². The Labute approximate surface area is 172 Å². The van der Waals surface area contributed by atoms with Gasteiger partial charge in [-0.3, -0.25) is 9.69 Å². The molecular weight excluding hydrogens is 382 g/mol. The number of rotatable bonds is 9. The van der Waals surface area contributed by atoms with Crippen LogP contribution in [0.15, 0.2) is 12.1 Å². The lowest BCUT2D eigenvalue weighted by Crippen LogP contribution is -2.43. The van der Waals surface area contributed by atoms with Crippen LogP contribution in [0.4, 0.5) is 0 Å². The van der Waals surface area contributed by atoms with Gasteiger partial charge in [0.05, 0.1) is 20.3 Å². The zero-order valence-electron chi connectivity index (χ0n) is 17.3. The Balaban J connectivity index is 1.86. The smallest absolute Gasteiger partial charge is 0.258 e. The molecule has 7 nitrogen and oxygen atoms in total. The molecule has 1 heterocycles. The molecule has 1 amide bonds. The molecule has 0 aliphatic carbocycles. The summed E-state index contributed by atoms with van der Waals surface area (Å²) in [5.41, 5.74) is 0.617. The van der Waals surface area contributed by atoms with E-state index in [1.54, 1.807) is 13.2 Å². The number of carbonyl (C=O) groups is 1. The first-order chi connectivity index (χ1) is 13.3. The number of halogens is 1. The first-order valence-corrected chi connectivity index (χ1v) is 9.97. The van der Waals surface area contributed by atoms with Crippen LogP contribution in [-0.2, 0) is 16.1 Å². The number of amides is 1. The van der Waals surface area contributed by atoms with Crippen molar-refractivity contribution in [1.29, 1.82) is 0 Å². The maximum absolute atomic E-state index is 12.0. The van der Waals surface area contributed by atoms with Crippen LogP contribution in [0.2, 0.25) is 5.02 Å². The van der Waals surface area contributed by atoms with Crippen LogP contribution in [0, 0.1) is 0 Å². The van der Waals surface area contributed by atoms with Crippen molar-refractivity contribution in [2.24, 2.45) is 0 Å². The second kappa shape index (κ2) is 10.9. The Morgan fingerprint density at radius 1 is 1.25 bits per heavy atom. The Kier molecular flexibility index (Phi) is 8.82. The lowest BCUT2D eigenvalue weighted by atomic mass is 10.1. The minimum Gasteiger partial charge on any atom is -0.493 e. The Morgan fingerprint density at radius 3 is 2.61 bits per heavy atom. The number of nitrogens with zero attached hydrogens (tertiary/aromatic N) is 1. The third kappa shape index (κ3) is 7.83. The molecule has 0 aromatic heterocycles. The molecule has 28 heavy (non-hydrogen) atoms. The molecule has 0 spiro atoms. The van der Waals surface area contributed by atoms with Crippen molar-refractivity contribution in [1.82, 2.24) is 15.5 Å². The molecule has 1 aliphatic rings. The number of carbonyl (C=O) groups excluding carboxylic acids is 1. The number of hydrogen-bond donors (Lipinski definition) is 2. The highest BCUT2D eigenvalue weighted by atomic mass is 35.5. The van der Waals surface area contributed by atoms with E-state index in [1.165, 1.54) is 0 Å². The molecule has 1 aliphatic heterocycles. The van der Waals surface area contributed by atoms with Crippen LogP contribution in [0.5, 0.6) is 11.5 Å². The summed E-state index contributed by atoms with van der Waals surface area (Å²) in [5, 5.41) is 6.84. The van der Waals surface area contributed by atoms with Crippen LogP contribution >= 0.6 is 11.6 Å². The predicted molar refractivity (Wildman–Crippen MR) is 110 cm³/mol. The zero-order valence-corrected chi connectivity index (χ0v) is 18.0. The van der Waals surface area contributed by atoms with Crippen molar-refractivity contribution in [3.05, 3.63) is 22.7 Å². The molecule has 0 bridgehead atoms. The number of benzene rings is 1. The standard InChI is InChI=1S/C20H32ClN3O4/c1-20(2,3)23-19(25)14-28-18-12-16(21)15(11-17(18)26-4)13-22-5-6-24-7-9-27-10-8-24/h11-12,22H,5-10,13-14H2,1-4H3,(H,23,25). The summed E-state index contributed by atoms with van der Waals surface area (Å²) in [4.78, 5) is 14.3. The van der Waals surface area contributed by atoms with Crippen molar-refractivity contribution >= 4 is 17.5 Å². The van der Waals surface area contributed by atoms with Gasteiger partial charge in [0.15, 0.2) is 18.1 Å². The molecule has 1 saturated heterocycles. The van der Waals surface area contributed by atoms with E-state index in [4.69, 9.17) is 25.8 Å². The molecule has 0 saturated carbocycles. The van der Waals surface area contributed by atoms with E-state index in [1.807, 2.05) is 26.8 Å². The predicted octanol–water partition coefficient (Wildman–Crippen LogP) is 2.06. The van der Waals surface area contributed by atoms with Gasteiger partial charge in [-0.2, -0.15) is 0 Å². The highest BCUT2D eigenvalue weighted by Gasteiger charge is 2.16. The normalized spacial score (nSPS) is 15.3. The van der Waals surface area contributed by atoms with E-state index in [-0.39, 0.29) is 18.1 Å². The number of hydrogen-bond acceptors (Lipinski definition) is 6. The fourth-order valence-electron chi connectivity index (χ4n) is 2.87. The number of ether oxygens (including phenoxy) is 3. The SMILES string of the molecule is COc1cc(CNCCN2CCOCC2)c(Cl)cc1OCC(=O)NC(C)(C)C. The van der Waals surface area contributed by atoms with Crippen LogP contribution in [-0.4, -0.2) is 69.5 Å². The van der Waals surface area contributed by atoms with Gasteiger partial charge in [-0.05, 0) is 32.4 Å². The van der Waals surface area contributed by atoms with Gasteiger partial charge < -0.3 is 24.8 Å². The summed E-state index contributed by atoms with van der Waals surface area (Å²) < 4.78 is 16.4. The fourth-order valence-corrected chi connectivity index (χ4v) is 3.09. The fraction of sp³-hybridized carbons (Fsp3) is 0.650. The van der Waals surface area contributed by atoms with Crippen molar-refractivity contribution in [3.8, 4) is 11.5 Å². The van der Waals surface area contributed by atoms with E-state index in [9.17, 15) is 4.79 Å². The van der Waals surface area contributed by atoms with Crippen LogP contribution in [0.25, 0.3) is 0 Å². The second-order valence-electron chi connectivity index (χ2n) is 7.81. The maximum atomic E-state index is 12.0. The summed E-state index contributed by atoms with van der Waals surface area (Å²) in [6, 6.07) is 3.55. The van der Waals surface area contributed by atoms with E-state index in [2.05, 4.69) is 15.5 Å². The monoisotopic (exact) mass is 413 g/mol. The highest BCUT2D eigenvalue weighted by molar-refractivity contribution is 6.31. The van der Waals surface area contributed by atoms with Crippen molar-refractivity contribution in [3.63, 3.8) is 0 Å². The van der Waals surface area contributed by atoms with Crippen molar-refractivity contribution in [2.75, 3.05) is 53.1 Å². The van der Waals surface area contributed by atoms with E-state index >= 15 is 0 Å². The molecule has 1 aromatic carbocycles. The van der Waals surface area contributed by atoms with Crippen molar-refractivity contribution < 1.29 is 19.0 Å². The first-order valence-electron chi connectivity index (χ1n) is 9.59. The zero-order chi connectivity index (χ0) is 20.6. The molecule has 2 rings (SSSR count). The summed E-state index contributed by atoms with van der Waals surface area (Å²) in [6.45, 7) is 11.7. The molecule has 0 unspecified atom stereocenters. The Hall–Kier alpha value is -1.54. The molecular formula is C20H32ClN3O4. The third-order valence-electron chi connectivity index (χ3n) is 4.23. The van der Waals surface area contributed by atoms with Gasteiger partial charge in [-0.25, -0.2) is 0 Å². The summed E-state index contributed by atoms with van der Waals surface area (Å²) in [6.07, 6.45) is 0. The first kappa shape index (κ1) is 22.7. The van der Waals surface area contributed by atoms with Gasteiger partial charge in [0.2, 0.25) is 0 Å². The third-order valence-corrected chi connectivity index (χ3v) is 4.58. The molecule has 0 radical (unpaired) electrons. The van der Waals surface area contributed by atoms with E-state index in [0.29, 0.717) is 23.1 Å². The lowest BCUT2D eigenvalue weighted by molar-refractivity contribution is -0.124. The summed E-state index contributed by atoms with van der Waals surface area (Å²) in [7, 11) is 1.57. The second-order valence-corrected chi connectivity index (χ2v) is 8.22. The number of morpholine rings is 1. The van der Waals surface area contributed by atoms with Gasteiger partial charge in [0, 0.05) is 49.4 Å². The quantitative estimate of drug-likeness (QED) is 0.604. The highest BCUT2D eigenvalue weighted by Crippen LogP contribution is 2.33. The molecule has 158 valence electrons. The summed E-state index contributed by atoms with van der Waals surface area (Å²) >= 11 is 6.40. The van der Waals surface area contributed by atoms with Crippen molar-refractivity contribution in [2.45, 2.75) is 32.9 Å². The lowest BCUT2D eigenvalue weighted by Gasteiger charge is -2.26. The average molecular weight is 414 g/mol. The van der Waals surface area contributed by atoms with Gasteiger partial charge in [-0.1, -0.05) is 11.6 Å². The largest absolute Gasteiger partial charge is 0.493 e. The Morgan fingerprint density at radius 2 is 1.96 bits per heavy atom. The van der Waals surface area contributed by atoms with Crippen LogP contribution in [0.3, 0.4) is 0 Å². The minimum atomic E-state index is -0.307. The van der Waals surface area contributed by atoms with Gasteiger partial charge in [-0.15, -0.1) is 0 Å². The van der Waals surface area contributed by atoms with E-state index < -0.39 is 0 Å². The van der Waals surface area contributed by atoms with Crippen LogP contribution in [0.1, 0.15) is 26.3 Å². The minimum absolute atomic E-state index is 0.0961. The van der Waals surface area contributed by atoms with Crippen LogP contribution < -0.4 is 20.1 Å². The average Bonchev–Trinajstić information content (AvgIpc) is 2.64. The number of nitrogens with one attached hydrogen (secondary N) is 2. The molecule has 1 fully saturated rings. The van der Waals surface area contributed by atoms with Gasteiger partial charge >= 0.3 is 0 Å². The van der Waals surface area contributed by atoms with Gasteiger partial charge in [0.25, 0.3) is 5.91 Å². The maximum Gasteiger partial charge on any atom is 0.258 e. The topological polar surface area (TPSA) is 72.1 Å². The molecule has 8 heteroatoms.